The predicted molar refractivity (Wildman–Crippen MR) is 81.4 cm³/mol. The quantitative estimate of drug-likeness (QED) is 0.744. The third kappa shape index (κ3) is 3.78. The number of nitrogens with two attached hydrogens (primary N) is 1. The molecule has 1 aliphatic carbocycles. The Hall–Kier alpha value is -0.970. The van der Waals surface area contributed by atoms with Crippen molar-refractivity contribution in [1.29, 1.82) is 0 Å². The molecule has 0 atom stereocenters. The summed E-state index contributed by atoms with van der Waals surface area (Å²) in [5.74, 6) is -0.346. The molecule has 110 valence electrons. The van der Waals surface area contributed by atoms with E-state index in [0.717, 1.165) is 25.7 Å². The van der Waals surface area contributed by atoms with E-state index < -0.39 is 5.54 Å². The minimum absolute atomic E-state index is 0.105. The molecule has 0 radical (unpaired) electrons. The molecule has 1 aromatic rings. The summed E-state index contributed by atoms with van der Waals surface area (Å²) in [5.41, 5.74) is 6.30. The van der Waals surface area contributed by atoms with Crippen LogP contribution in [0.3, 0.4) is 0 Å². The molecule has 1 aliphatic rings. The van der Waals surface area contributed by atoms with Crippen LogP contribution in [0.1, 0.15) is 38.5 Å². The molecule has 0 saturated heterocycles. The van der Waals surface area contributed by atoms with Crippen LogP contribution in [0.5, 0.6) is 5.75 Å². The molecule has 4 N–H and O–H groups in total. The Kier molecular flexibility index (Phi) is 4.78. The van der Waals surface area contributed by atoms with E-state index in [1.165, 1.54) is 18.6 Å². The summed E-state index contributed by atoms with van der Waals surface area (Å²) in [6.45, 7) is 0. The lowest BCUT2D eigenvalue weighted by molar-refractivity contribution is -0.117. The van der Waals surface area contributed by atoms with Crippen molar-refractivity contribution in [3.05, 3.63) is 22.2 Å². The van der Waals surface area contributed by atoms with E-state index in [0.29, 0.717) is 5.69 Å². The maximum absolute atomic E-state index is 12.1. The van der Waals surface area contributed by atoms with Gasteiger partial charge in [0, 0.05) is 17.6 Å². The number of rotatable bonds is 3. The minimum Gasteiger partial charge on any atom is -0.505 e. The molecular weight excluding hydrogens is 299 g/mol. The summed E-state index contributed by atoms with van der Waals surface area (Å²) < 4.78 is 0. The maximum atomic E-state index is 12.1. The summed E-state index contributed by atoms with van der Waals surface area (Å²) in [6, 6.07) is 2.93. The van der Waals surface area contributed by atoms with Gasteiger partial charge in [-0.2, -0.15) is 0 Å². The van der Waals surface area contributed by atoms with Crippen LogP contribution >= 0.6 is 23.2 Å². The van der Waals surface area contributed by atoms with Gasteiger partial charge in [-0.15, -0.1) is 0 Å². The van der Waals surface area contributed by atoms with E-state index in [4.69, 9.17) is 28.9 Å². The van der Waals surface area contributed by atoms with Crippen molar-refractivity contribution in [3.63, 3.8) is 0 Å². The van der Waals surface area contributed by atoms with Crippen LogP contribution < -0.4 is 11.1 Å². The van der Waals surface area contributed by atoms with E-state index in [-0.39, 0.29) is 28.1 Å². The SMILES string of the molecule is NC1(CC(=O)Nc2cc(Cl)c(O)c(Cl)c2)CCCCC1. The summed E-state index contributed by atoms with van der Waals surface area (Å²) >= 11 is 11.6. The van der Waals surface area contributed by atoms with Gasteiger partial charge in [-0.1, -0.05) is 42.5 Å². The summed E-state index contributed by atoms with van der Waals surface area (Å²) in [6.07, 6.45) is 5.35. The number of phenolic OH excluding ortho intramolecular Hbond substituents is 1. The fourth-order valence-electron chi connectivity index (χ4n) is 2.60. The van der Waals surface area contributed by atoms with Crippen LogP contribution in [-0.4, -0.2) is 16.6 Å². The van der Waals surface area contributed by atoms with Gasteiger partial charge in [0.25, 0.3) is 0 Å². The van der Waals surface area contributed by atoms with Crippen molar-refractivity contribution in [1.82, 2.24) is 0 Å². The standard InChI is InChI=1S/C14H18Cl2N2O2/c15-10-6-9(7-11(16)13(10)20)18-12(19)8-14(17)4-2-1-3-5-14/h6-7,20H,1-5,8,17H2,(H,18,19). The number of aromatic hydroxyl groups is 1. The Balaban J connectivity index is 2.01. The lowest BCUT2D eigenvalue weighted by Crippen LogP contribution is -2.44. The van der Waals surface area contributed by atoms with Crippen molar-refractivity contribution < 1.29 is 9.90 Å². The summed E-state index contributed by atoms with van der Waals surface area (Å²) in [4.78, 5) is 12.1. The van der Waals surface area contributed by atoms with Crippen molar-refractivity contribution in [2.24, 2.45) is 5.73 Å². The number of amides is 1. The highest BCUT2D eigenvalue weighted by molar-refractivity contribution is 6.37. The van der Waals surface area contributed by atoms with Crippen LogP contribution in [0.25, 0.3) is 0 Å². The smallest absolute Gasteiger partial charge is 0.226 e. The third-order valence-electron chi connectivity index (χ3n) is 3.66. The zero-order valence-electron chi connectivity index (χ0n) is 11.1. The largest absolute Gasteiger partial charge is 0.505 e. The van der Waals surface area contributed by atoms with Gasteiger partial charge in [0.15, 0.2) is 5.75 Å². The average molecular weight is 317 g/mol. The van der Waals surface area contributed by atoms with Gasteiger partial charge in [-0.05, 0) is 25.0 Å². The second kappa shape index (κ2) is 6.20. The van der Waals surface area contributed by atoms with Gasteiger partial charge < -0.3 is 16.2 Å². The molecule has 0 bridgehead atoms. The molecule has 0 aromatic heterocycles. The first-order chi connectivity index (χ1) is 9.39. The Morgan fingerprint density at radius 2 is 1.80 bits per heavy atom. The third-order valence-corrected chi connectivity index (χ3v) is 4.24. The first-order valence-corrected chi connectivity index (χ1v) is 7.42. The first-order valence-electron chi connectivity index (χ1n) is 6.66. The fourth-order valence-corrected chi connectivity index (χ4v) is 3.08. The Bertz CT molecular complexity index is 491. The van der Waals surface area contributed by atoms with Gasteiger partial charge in [0.1, 0.15) is 0 Å². The molecule has 2 rings (SSSR count). The number of halogens is 2. The number of phenols is 1. The summed E-state index contributed by atoms with van der Waals surface area (Å²) in [7, 11) is 0. The van der Waals surface area contributed by atoms with Crippen LogP contribution in [0.15, 0.2) is 12.1 Å². The van der Waals surface area contributed by atoms with E-state index in [1.54, 1.807) is 0 Å². The topological polar surface area (TPSA) is 75.4 Å². The average Bonchev–Trinajstić information content (AvgIpc) is 2.35. The number of carbonyl (C=O) groups excluding carboxylic acids is 1. The van der Waals surface area contributed by atoms with E-state index in [1.807, 2.05) is 0 Å². The van der Waals surface area contributed by atoms with Crippen molar-refractivity contribution in [2.75, 3.05) is 5.32 Å². The maximum Gasteiger partial charge on any atom is 0.226 e. The van der Waals surface area contributed by atoms with E-state index in [2.05, 4.69) is 5.32 Å². The molecule has 20 heavy (non-hydrogen) atoms. The van der Waals surface area contributed by atoms with Crippen LogP contribution in [-0.2, 0) is 4.79 Å². The number of nitrogens with one attached hydrogen (secondary N) is 1. The van der Waals surface area contributed by atoms with Crippen molar-refractivity contribution in [2.45, 2.75) is 44.1 Å². The monoisotopic (exact) mass is 316 g/mol. The number of carbonyl (C=O) groups is 1. The Morgan fingerprint density at radius 3 is 2.35 bits per heavy atom. The van der Waals surface area contributed by atoms with E-state index in [9.17, 15) is 9.90 Å². The van der Waals surface area contributed by atoms with Crippen molar-refractivity contribution in [3.8, 4) is 5.75 Å². The molecule has 1 fully saturated rings. The second-order valence-corrected chi connectivity index (χ2v) is 6.25. The van der Waals surface area contributed by atoms with Gasteiger partial charge in [0.05, 0.1) is 10.0 Å². The number of benzene rings is 1. The molecule has 0 heterocycles. The Morgan fingerprint density at radius 1 is 1.25 bits per heavy atom. The van der Waals surface area contributed by atoms with Gasteiger partial charge in [0.2, 0.25) is 5.91 Å². The van der Waals surface area contributed by atoms with Gasteiger partial charge >= 0.3 is 0 Å². The van der Waals surface area contributed by atoms with Crippen LogP contribution in [0, 0.1) is 0 Å². The van der Waals surface area contributed by atoms with Crippen molar-refractivity contribution >= 4 is 34.8 Å². The molecule has 1 aromatic carbocycles. The zero-order chi connectivity index (χ0) is 14.8. The minimum atomic E-state index is -0.410. The second-order valence-electron chi connectivity index (χ2n) is 5.44. The Labute approximate surface area is 128 Å². The lowest BCUT2D eigenvalue weighted by Gasteiger charge is -2.32. The first kappa shape index (κ1) is 15.4. The predicted octanol–water partition coefficient (Wildman–Crippen LogP) is 3.69. The molecule has 0 spiro atoms. The van der Waals surface area contributed by atoms with Crippen LogP contribution in [0.4, 0.5) is 5.69 Å². The zero-order valence-corrected chi connectivity index (χ0v) is 12.6. The molecular formula is C14H18Cl2N2O2. The van der Waals surface area contributed by atoms with Gasteiger partial charge in [-0.25, -0.2) is 0 Å². The summed E-state index contributed by atoms with van der Waals surface area (Å²) in [5, 5.41) is 12.4. The molecule has 4 nitrogen and oxygen atoms in total. The number of hydrogen-bond acceptors (Lipinski definition) is 3. The molecule has 0 unspecified atom stereocenters. The highest BCUT2D eigenvalue weighted by atomic mass is 35.5. The highest BCUT2D eigenvalue weighted by Crippen LogP contribution is 2.35. The van der Waals surface area contributed by atoms with Gasteiger partial charge in [-0.3, -0.25) is 4.79 Å². The molecule has 1 saturated carbocycles. The highest BCUT2D eigenvalue weighted by Gasteiger charge is 2.30. The van der Waals surface area contributed by atoms with E-state index >= 15 is 0 Å². The normalized spacial score (nSPS) is 17.8. The fraction of sp³-hybridized carbons (Fsp3) is 0.500. The molecule has 0 aliphatic heterocycles. The lowest BCUT2D eigenvalue weighted by atomic mass is 9.80. The molecule has 1 amide bonds. The number of hydrogen-bond donors (Lipinski definition) is 3. The molecule has 6 heteroatoms. The number of anilines is 1. The van der Waals surface area contributed by atoms with Crippen LogP contribution in [0.2, 0.25) is 10.0 Å².